The molecule has 0 aliphatic carbocycles. The zero-order chi connectivity index (χ0) is 21.0. The number of benzene rings is 2. The van der Waals surface area contributed by atoms with Crippen molar-refractivity contribution < 1.29 is 0 Å². The number of pyridine rings is 1. The van der Waals surface area contributed by atoms with Gasteiger partial charge < -0.3 is 10.6 Å². The number of anilines is 2. The minimum Gasteiger partial charge on any atom is -0.368 e. The van der Waals surface area contributed by atoms with Crippen molar-refractivity contribution in [3.05, 3.63) is 84.8 Å². The molecule has 0 saturated heterocycles. The van der Waals surface area contributed by atoms with Crippen molar-refractivity contribution in [1.29, 1.82) is 5.26 Å². The molecule has 0 aliphatic heterocycles. The minimum atomic E-state index is 0.542. The largest absolute Gasteiger partial charge is 0.368 e. The smallest absolute Gasteiger partial charge is 0.209 e. The van der Waals surface area contributed by atoms with Gasteiger partial charge in [-0.25, -0.2) is 15.0 Å². The first-order valence-corrected chi connectivity index (χ1v) is 9.97. The van der Waals surface area contributed by atoms with E-state index in [0.29, 0.717) is 18.7 Å². The van der Waals surface area contributed by atoms with Crippen molar-refractivity contribution in [1.82, 2.24) is 19.4 Å². The molecule has 0 atom stereocenters. The Kier molecular flexibility index (Phi) is 4.87. The van der Waals surface area contributed by atoms with E-state index in [2.05, 4.69) is 57.0 Å². The molecule has 2 aromatic carbocycles. The Bertz CT molecular complexity index is 1400. The van der Waals surface area contributed by atoms with Crippen LogP contribution in [0.4, 0.5) is 11.8 Å². The third kappa shape index (κ3) is 3.87. The van der Waals surface area contributed by atoms with Crippen molar-refractivity contribution >= 4 is 28.2 Å². The molecule has 2 N–H and O–H groups in total. The predicted octanol–water partition coefficient (Wildman–Crippen LogP) is 4.34. The number of hydrogen-bond acceptors (Lipinski definition) is 6. The summed E-state index contributed by atoms with van der Waals surface area (Å²) in [7, 11) is 0. The van der Waals surface area contributed by atoms with Crippen LogP contribution in [0.2, 0.25) is 0 Å². The Balaban J connectivity index is 1.35. The standard InChI is InChI=1S/C24H19N7/c25-15-17-5-8-22(29-16-17)26-9-10-28-24-30-21(14-23-27-11-12-31(23)24)20-7-6-18-3-1-2-4-19(18)13-20/h1-8,11-14,16H,9-10H2,(H,26,29)(H,28,30). The molecule has 31 heavy (non-hydrogen) atoms. The Morgan fingerprint density at radius 3 is 2.61 bits per heavy atom. The van der Waals surface area contributed by atoms with Crippen LogP contribution in [0.3, 0.4) is 0 Å². The van der Waals surface area contributed by atoms with Gasteiger partial charge in [-0.2, -0.15) is 5.26 Å². The zero-order valence-corrected chi connectivity index (χ0v) is 16.7. The number of hydrogen-bond donors (Lipinski definition) is 2. The SMILES string of the molecule is N#Cc1ccc(NCCNc2nc(-c3ccc4ccccc4c3)cc3nccn23)nc1. The van der Waals surface area contributed by atoms with Crippen LogP contribution < -0.4 is 10.6 Å². The molecule has 150 valence electrons. The van der Waals surface area contributed by atoms with E-state index in [4.69, 9.17) is 10.2 Å². The number of nitrogens with one attached hydrogen (secondary N) is 2. The molecular weight excluding hydrogens is 386 g/mol. The lowest BCUT2D eigenvalue weighted by atomic mass is 10.1. The average molecular weight is 405 g/mol. The zero-order valence-electron chi connectivity index (χ0n) is 16.7. The summed E-state index contributed by atoms with van der Waals surface area (Å²) in [6.45, 7) is 1.29. The van der Waals surface area contributed by atoms with Crippen LogP contribution in [-0.2, 0) is 0 Å². The van der Waals surface area contributed by atoms with Gasteiger partial charge >= 0.3 is 0 Å². The maximum atomic E-state index is 8.86. The summed E-state index contributed by atoms with van der Waals surface area (Å²) in [5.41, 5.74) is 3.30. The molecule has 0 bridgehead atoms. The lowest BCUT2D eigenvalue weighted by Crippen LogP contribution is -2.16. The fourth-order valence-electron chi connectivity index (χ4n) is 3.47. The van der Waals surface area contributed by atoms with Crippen molar-refractivity contribution in [3.8, 4) is 17.3 Å². The number of rotatable bonds is 6. The van der Waals surface area contributed by atoms with Crippen molar-refractivity contribution in [2.45, 2.75) is 0 Å². The van der Waals surface area contributed by atoms with Gasteiger partial charge in [0.15, 0.2) is 0 Å². The van der Waals surface area contributed by atoms with E-state index in [-0.39, 0.29) is 0 Å². The Labute approximate surface area is 179 Å². The first-order chi connectivity index (χ1) is 15.3. The van der Waals surface area contributed by atoms with Crippen LogP contribution in [-0.4, -0.2) is 32.4 Å². The van der Waals surface area contributed by atoms with Gasteiger partial charge in [0.1, 0.15) is 17.5 Å². The maximum absolute atomic E-state index is 8.86. The number of aromatic nitrogens is 4. The highest BCUT2D eigenvalue weighted by Crippen LogP contribution is 2.25. The molecule has 5 rings (SSSR count). The van der Waals surface area contributed by atoms with Gasteiger partial charge in [0.2, 0.25) is 5.95 Å². The quantitative estimate of drug-likeness (QED) is 0.408. The lowest BCUT2D eigenvalue weighted by molar-refractivity contribution is 0.995. The third-order valence-electron chi connectivity index (χ3n) is 5.04. The van der Waals surface area contributed by atoms with Gasteiger partial charge in [-0.1, -0.05) is 36.4 Å². The van der Waals surface area contributed by atoms with Gasteiger partial charge in [0, 0.05) is 43.3 Å². The fraction of sp³-hybridized carbons (Fsp3) is 0.0833. The summed E-state index contributed by atoms with van der Waals surface area (Å²) < 4.78 is 1.94. The minimum absolute atomic E-state index is 0.542. The van der Waals surface area contributed by atoms with Crippen LogP contribution in [0.25, 0.3) is 27.7 Å². The molecule has 0 spiro atoms. The van der Waals surface area contributed by atoms with E-state index in [9.17, 15) is 0 Å². The van der Waals surface area contributed by atoms with E-state index in [1.165, 1.54) is 10.8 Å². The van der Waals surface area contributed by atoms with Gasteiger partial charge in [-0.05, 0) is 29.0 Å². The Hall–Kier alpha value is -4.44. The summed E-state index contributed by atoms with van der Waals surface area (Å²) in [5.74, 6) is 1.46. The fourth-order valence-corrected chi connectivity index (χ4v) is 3.47. The van der Waals surface area contributed by atoms with Crippen LogP contribution in [0.5, 0.6) is 0 Å². The summed E-state index contributed by atoms with van der Waals surface area (Å²) >= 11 is 0. The second-order valence-electron chi connectivity index (χ2n) is 7.08. The van der Waals surface area contributed by atoms with E-state index >= 15 is 0 Å². The number of nitriles is 1. The Morgan fingerprint density at radius 1 is 0.903 bits per heavy atom. The topological polar surface area (TPSA) is 90.9 Å². The van der Waals surface area contributed by atoms with Crippen LogP contribution in [0.15, 0.2) is 79.3 Å². The molecule has 3 aromatic heterocycles. The molecule has 0 fully saturated rings. The summed E-state index contributed by atoms with van der Waals surface area (Å²) in [4.78, 5) is 13.5. The molecule has 0 unspecified atom stereocenters. The van der Waals surface area contributed by atoms with Crippen molar-refractivity contribution in [2.75, 3.05) is 23.7 Å². The number of fused-ring (bicyclic) bond motifs is 2. The molecule has 3 heterocycles. The molecule has 7 nitrogen and oxygen atoms in total. The van der Waals surface area contributed by atoms with Gasteiger partial charge in [0.25, 0.3) is 0 Å². The highest BCUT2D eigenvalue weighted by atomic mass is 15.2. The highest BCUT2D eigenvalue weighted by Gasteiger charge is 2.09. The maximum Gasteiger partial charge on any atom is 0.209 e. The monoisotopic (exact) mass is 405 g/mol. The second-order valence-corrected chi connectivity index (χ2v) is 7.08. The molecule has 0 amide bonds. The number of imidazole rings is 1. The Morgan fingerprint density at radius 2 is 1.77 bits per heavy atom. The number of nitrogens with zero attached hydrogens (tertiary/aromatic N) is 5. The molecule has 0 saturated carbocycles. The lowest BCUT2D eigenvalue weighted by Gasteiger charge is -2.12. The first-order valence-electron chi connectivity index (χ1n) is 9.97. The molecular formula is C24H19N7. The normalized spacial score (nSPS) is 10.8. The third-order valence-corrected chi connectivity index (χ3v) is 5.04. The van der Waals surface area contributed by atoms with E-state index in [0.717, 1.165) is 28.7 Å². The van der Waals surface area contributed by atoms with Crippen molar-refractivity contribution in [2.24, 2.45) is 0 Å². The summed E-state index contributed by atoms with van der Waals surface area (Å²) in [6.07, 6.45) is 5.22. The van der Waals surface area contributed by atoms with Crippen molar-refractivity contribution in [3.63, 3.8) is 0 Å². The van der Waals surface area contributed by atoms with Gasteiger partial charge in [0.05, 0.1) is 11.3 Å². The first kappa shape index (κ1) is 18.6. The summed E-state index contributed by atoms with van der Waals surface area (Å²) in [6, 6.07) is 22.2. The predicted molar refractivity (Wildman–Crippen MR) is 122 cm³/mol. The van der Waals surface area contributed by atoms with E-state index in [1.807, 2.05) is 28.8 Å². The second kappa shape index (κ2) is 8.13. The van der Waals surface area contributed by atoms with Gasteiger partial charge in [-0.15, -0.1) is 0 Å². The summed E-state index contributed by atoms with van der Waals surface area (Å²) in [5, 5.41) is 17.9. The molecule has 0 aliphatic rings. The molecule has 0 radical (unpaired) electrons. The molecule has 7 heteroatoms. The van der Waals surface area contributed by atoms with Crippen LogP contribution >= 0.6 is 0 Å². The average Bonchev–Trinajstić information content (AvgIpc) is 3.31. The van der Waals surface area contributed by atoms with E-state index in [1.54, 1.807) is 24.5 Å². The highest BCUT2D eigenvalue weighted by molar-refractivity contribution is 5.87. The van der Waals surface area contributed by atoms with Gasteiger partial charge in [-0.3, -0.25) is 4.40 Å². The van der Waals surface area contributed by atoms with Crippen LogP contribution in [0, 0.1) is 11.3 Å². The van der Waals surface area contributed by atoms with E-state index < -0.39 is 0 Å². The molecule has 5 aromatic rings. The van der Waals surface area contributed by atoms with Crippen LogP contribution in [0.1, 0.15) is 5.56 Å².